The summed E-state index contributed by atoms with van der Waals surface area (Å²) < 4.78 is 6.15. The van der Waals surface area contributed by atoms with E-state index in [9.17, 15) is 29.2 Å². The number of likely N-dealkylation sites (N-methyl/N-ethyl adjacent to an activating group) is 1. The summed E-state index contributed by atoms with van der Waals surface area (Å²) in [4.78, 5) is 83.8. The Morgan fingerprint density at radius 1 is 0.987 bits per heavy atom. The van der Waals surface area contributed by atoms with Crippen LogP contribution in [0, 0.1) is 25.2 Å². The number of ether oxygens (including phenoxy) is 1. The average molecular weight is 1070 g/mol. The zero-order valence-electron chi connectivity index (χ0n) is 45.1. The molecule has 1 fully saturated rings. The number of aryl methyl sites for hydroxylation is 2. The van der Waals surface area contributed by atoms with Gasteiger partial charge in [0.15, 0.2) is 0 Å². The third-order valence-electron chi connectivity index (χ3n) is 14.3. The molecule has 8 rings (SSSR count). The minimum Gasteiger partial charge on any atom is -0.447 e. The molecule has 2 unspecified atom stereocenters. The highest BCUT2D eigenvalue weighted by Crippen LogP contribution is 2.38. The molecule has 19 heteroatoms. The third-order valence-corrected chi connectivity index (χ3v) is 14.6. The topological polar surface area (TPSA) is 217 Å². The Labute approximate surface area is 456 Å². The van der Waals surface area contributed by atoms with Crippen molar-refractivity contribution in [3.05, 3.63) is 123 Å². The van der Waals surface area contributed by atoms with Gasteiger partial charge in [-0.2, -0.15) is 15.2 Å². The second-order valence-electron chi connectivity index (χ2n) is 19.1. The van der Waals surface area contributed by atoms with Crippen LogP contribution in [0.1, 0.15) is 96.7 Å². The van der Waals surface area contributed by atoms with E-state index in [2.05, 4.69) is 74.2 Å². The molecule has 0 saturated carbocycles. The summed E-state index contributed by atoms with van der Waals surface area (Å²) in [5.74, 6) is -0.415. The van der Waals surface area contributed by atoms with Crippen molar-refractivity contribution in [1.29, 1.82) is 5.26 Å². The first-order chi connectivity index (χ1) is 37.3. The van der Waals surface area contributed by atoms with Gasteiger partial charge in [-0.15, -0.1) is 0 Å². The van der Waals surface area contributed by atoms with Crippen molar-refractivity contribution < 1.29 is 28.7 Å². The van der Waals surface area contributed by atoms with Gasteiger partial charge in [-0.05, 0) is 92.1 Å². The highest BCUT2D eigenvalue weighted by Gasteiger charge is 2.39. The maximum absolute atomic E-state index is 14.6. The predicted molar refractivity (Wildman–Crippen MR) is 302 cm³/mol. The van der Waals surface area contributed by atoms with Crippen LogP contribution in [0.4, 0.5) is 27.7 Å². The summed E-state index contributed by atoms with van der Waals surface area (Å²) in [6.07, 6.45) is 3.66. The smallest absolute Gasteiger partial charge is 0.320 e. The van der Waals surface area contributed by atoms with Crippen LogP contribution in [0.5, 0.6) is 6.01 Å². The van der Waals surface area contributed by atoms with E-state index in [1.165, 1.54) is 11.9 Å². The van der Waals surface area contributed by atoms with Crippen LogP contribution in [-0.2, 0) is 40.4 Å². The van der Waals surface area contributed by atoms with E-state index >= 15 is 0 Å². The largest absolute Gasteiger partial charge is 0.447 e. The molecule has 0 aliphatic carbocycles. The van der Waals surface area contributed by atoms with Crippen LogP contribution >= 0.6 is 11.6 Å². The molecule has 5 N–H and O–H groups in total. The molecule has 77 heavy (non-hydrogen) atoms. The summed E-state index contributed by atoms with van der Waals surface area (Å²) >= 11 is 6.79. The number of halogens is 1. The first kappa shape index (κ1) is 57.0. The van der Waals surface area contributed by atoms with Crippen LogP contribution in [-0.4, -0.2) is 115 Å². The Morgan fingerprint density at radius 3 is 2.52 bits per heavy atom. The van der Waals surface area contributed by atoms with Gasteiger partial charge in [0.05, 0.1) is 35.8 Å². The SMILES string of the molecule is C=C(CNc1c(CNC(=O)Nc2ccc(C)c(C)c2)ccc2c1CN(C(CCC=O)C(=O)NC)C2=O)C(=O)N1CCN(c2nc(OCNCCCC)nc3c2CCN(c2cccc4cccc(Cl)c24)C3)CC1CC#N.CC. The van der Waals surface area contributed by atoms with E-state index in [1.807, 2.05) is 64.1 Å². The molecule has 0 radical (unpaired) electrons. The van der Waals surface area contributed by atoms with E-state index < -0.39 is 24.0 Å². The highest BCUT2D eigenvalue weighted by atomic mass is 35.5. The van der Waals surface area contributed by atoms with Gasteiger partial charge in [0.1, 0.15) is 24.9 Å². The predicted octanol–water partition coefficient (Wildman–Crippen LogP) is 8.19. The van der Waals surface area contributed by atoms with Gasteiger partial charge in [0, 0.05) is 104 Å². The van der Waals surface area contributed by atoms with Crippen molar-refractivity contribution >= 4 is 75.3 Å². The Bertz CT molecular complexity index is 3030. The van der Waals surface area contributed by atoms with Crippen molar-refractivity contribution in [1.82, 2.24) is 35.7 Å². The Balaban J connectivity index is 0.00000426. The molecular weight excluding hydrogens is 996 g/mol. The molecule has 406 valence electrons. The molecule has 5 amide bonds. The lowest BCUT2D eigenvalue weighted by Gasteiger charge is -2.42. The maximum Gasteiger partial charge on any atom is 0.320 e. The number of benzene rings is 4. The fourth-order valence-electron chi connectivity index (χ4n) is 10.1. The van der Waals surface area contributed by atoms with Gasteiger partial charge in [-0.3, -0.25) is 19.7 Å². The molecule has 18 nitrogen and oxygen atoms in total. The van der Waals surface area contributed by atoms with Crippen LogP contribution in [0.3, 0.4) is 0 Å². The number of amides is 5. The molecule has 3 aliphatic heterocycles. The van der Waals surface area contributed by atoms with Crippen LogP contribution < -0.4 is 41.1 Å². The molecule has 3 aliphatic rings. The molecule has 2 atom stereocenters. The van der Waals surface area contributed by atoms with Crippen LogP contribution in [0.25, 0.3) is 10.8 Å². The number of nitrogens with zero attached hydrogens (tertiary/aromatic N) is 7. The first-order valence-electron chi connectivity index (χ1n) is 26.6. The first-order valence-corrected chi connectivity index (χ1v) is 26.9. The minimum atomic E-state index is -0.908. The summed E-state index contributed by atoms with van der Waals surface area (Å²) in [7, 11) is 1.48. The minimum absolute atomic E-state index is 0.0349. The monoisotopic (exact) mass is 1070 g/mol. The number of aldehydes is 1. The van der Waals surface area contributed by atoms with Crippen molar-refractivity contribution in [3.8, 4) is 12.1 Å². The number of aromatic nitrogens is 2. The quantitative estimate of drug-likeness (QED) is 0.0203. The number of hydrogen-bond donors (Lipinski definition) is 5. The number of piperazine rings is 1. The number of nitriles is 1. The fraction of sp³-hybridized carbons (Fsp3) is 0.414. The Hall–Kier alpha value is -7.75. The maximum atomic E-state index is 14.6. The molecule has 1 saturated heterocycles. The lowest BCUT2D eigenvalue weighted by Crippen LogP contribution is -2.56. The third kappa shape index (κ3) is 13.3. The number of unbranched alkanes of at least 4 members (excludes halogenated alkanes) is 1. The normalized spacial score (nSPS) is 15.1. The van der Waals surface area contributed by atoms with Crippen molar-refractivity contribution in [2.24, 2.45) is 0 Å². The van der Waals surface area contributed by atoms with E-state index in [0.717, 1.165) is 58.2 Å². The number of anilines is 4. The average Bonchev–Trinajstić information content (AvgIpc) is 3.79. The highest BCUT2D eigenvalue weighted by molar-refractivity contribution is 6.36. The number of carbonyl (C=O) groups excluding carboxylic acids is 5. The number of carbonyl (C=O) groups is 5. The van der Waals surface area contributed by atoms with Crippen molar-refractivity contribution in [3.63, 3.8) is 0 Å². The lowest BCUT2D eigenvalue weighted by molar-refractivity contribution is -0.129. The standard InChI is InChI=1S/C56H65ClN12O6.C2H6/c1-6-7-23-60-34-75-56-64-46-33-66(47-14-9-12-38-11-8-13-45(57)49(38)47)24-21-43(46)51(65-56)67-25-26-68(41(31-67)20-22-58)53(72)37(4)29-61-50-39(30-62-55(74)63-40-18-16-35(2)36(3)28-40)17-19-42-44(50)32-69(54(42)73)48(15-10-27-70)52(71)59-5;1-2/h8-9,11-14,16-19,27-28,41,48,60-61H,4,6-7,10,15,20-21,23-26,29-34H2,1-3,5H3,(H,59,71)(H2,62,63,74);1-2H3. The van der Waals surface area contributed by atoms with Crippen LogP contribution in [0.15, 0.2) is 78.9 Å². The van der Waals surface area contributed by atoms with Crippen molar-refractivity contribution in [2.75, 3.05) is 73.5 Å². The van der Waals surface area contributed by atoms with Gasteiger partial charge in [-0.1, -0.05) is 81.8 Å². The summed E-state index contributed by atoms with van der Waals surface area (Å²) in [5, 5.41) is 28.0. The molecule has 0 spiro atoms. The molecular formula is C58H71ClN12O6. The number of fused-ring (bicyclic) bond motifs is 3. The van der Waals surface area contributed by atoms with Gasteiger partial charge in [0.2, 0.25) is 5.91 Å². The van der Waals surface area contributed by atoms with E-state index in [-0.39, 0.29) is 75.6 Å². The van der Waals surface area contributed by atoms with Gasteiger partial charge in [0.25, 0.3) is 11.8 Å². The summed E-state index contributed by atoms with van der Waals surface area (Å²) in [5.41, 5.74) is 7.83. The van der Waals surface area contributed by atoms with Crippen molar-refractivity contribution in [2.45, 2.75) is 105 Å². The number of rotatable bonds is 21. The molecule has 0 bridgehead atoms. The van der Waals surface area contributed by atoms with E-state index in [1.54, 1.807) is 17.0 Å². The number of nitrogens with one attached hydrogen (secondary N) is 5. The van der Waals surface area contributed by atoms with Gasteiger partial charge in [-0.25, -0.2) is 4.79 Å². The van der Waals surface area contributed by atoms with Gasteiger partial charge < -0.3 is 50.4 Å². The van der Waals surface area contributed by atoms with E-state index in [0.29, 0.717) is 77.8 Å². The lowest BCUT2D eigenvalue weighted by atomic mass is 10.0. The summed E-state index contributed by atoms with van der Waals surface area (Å²) in [6, 6.07) is 21.8. The summed E-state index contributed by atoms with van der Waals surface area (Å²) in [6.45, 7) is 17.5. The molecule has 4 heterocycles. The fourth-order valence-corrected chi connectivity index (χ4v) is 10.4. The van der Waals surface area contributed by atoms with E-state index in [4.69, 9.17) is 26.3 Å². The molecule has 1 aromatic heterocycles. The number of urea groups is 1. The second-order valence-corrected chi connectivity index (χ2v) is 19.5. The van der Waals surface area contributed by atoms with Crippen LogP contribution in [0.2, 0.25) is 5.02 Å². The zero-order chi connectivity index (χ0) is 55.2. The Morgan fingerprint density at radius 2 is 1.78 bits per heavy atom. The second kappa shape index (κ2) is 26.8. The molecule has 4 aromatic carbocycles. The Kier molecular flexibility index (Phi) is 19.9. The van der Waals surface area contributed by atoms with Gasteiger partial charge >= 0.3 is 12.0 Å². The number of hydrogen-bond acceptors (Lipinski definition) is 13. The molecule has 5 aromatic rings. The zero-order valence-corrected chi connectivity index (χ0v) is 45.8.